The number of aromatic carboxylic acids is 1. The number of carboxylic acids is 1. The fourth-order valence-electron chi connectivity index (χ4n) is 2.76. The number of benzene rings is 2. The Morgan fingerprint density at radius 1 is 1.27 bits per heavy atom. The number of aromatic nitrogens is 1. The van der Waals surface area contributed by atoms with Crippen LogP contribution in [0.3, 0.4) is 0 Å². The molecule has 0 amide bonds. The molecule has 33 heavy (non-hydrogen) atoms. The lowest BCUT2D eigenvalue weighted by Gasteiger charge is -2.14. The first-order chi connectivity index (χ1) is 15.9. The Morgan fingerprint density at radius 3 is 2.70 bits per heavy atom. The van der Waals surface area contributed by atoms with Crippen LogP contribution >= 0.6 is 11.6 Å². The third kappa shape index (κ3) is 6.17. The lowest BCUT2D eigenvalue weighted by molar-refractivity contribution is -0.384. The number of anilines is 1. The van der Waals surface area contributed by atoms with Crippen molar-refractivity contribution in [3.63, 3.8) is 0 Å². The molecular weight excluding hydrogens is 452 g/mol. The highest BCUT2D eigenvalue weighted by atomic mass is 35.5. The standard InChI is InChI=1S/C22H19ClN4O6/c1-2-32-19-11-15(12-25-26-21-18(27(30)31)4-3-9-24-21)10-17(23)20(19)33-13-14-5-7-16(8-6-14)22(28)29/h3-12H,2,13H2,1H3,(H,24,26)(H,28,29)/b25-12-. The maximum absolute atomic E-state index is 11.1. The lowest BCUT2D eigenvalue weighted by atomic mass is 10.1. The van der Waals surface area contributed by atoms with Gasteiger partial charge in [-0.05, 0) is 48.4 Å². The van der Waals surface area contributed by atoms with E-state index in [1.54, 1.807) is 24.3 Å². The summed E-state index contributed by atoms with van der Waals surface area (Å²) in [7, 11) is 0. The number of hydrogen-bond acceptors (Lipinski definition) is 8. The van der Waals surface area contributed by atoms with Crippen molar-refractivity contribution in [2.24, 2.45) is 5.10 Å². The van der Waals surface area contributed by atoms with Crippen LogP contribution in [0.1, 0.15) is 28.4 Å². The van der Waals surface area contributed by atoms with E-state index in [1.165, 1.54) is 36.7 Å². The summed E-state index contributed by atoms with van der Waals surface area (Å²) in [6.45, 7) is 2.32. The first-order valence-electron chi connectivity index (χ1n) is 9.69. The number of ether oxygens (including phenoxy) is 2. The minimum atomic E-state index is -1.01. The van der Waals surface area contributed by atoms with Crippen molar-refractivity contribution < 1.29 is 24.3 Å². The predicted octanol–water partition coefficient (Wildman–Crippen LogP) is 4.77. The summed E-state index contributed by atoms with van der Waals surface area (Å²) in [5.74, 6) is -0.291. The van der Waals surface area contributed by atoms with Gasteiger partial charge in [0.1, 0.15) is 6.61 Å². The van der Waals surface area contributed by atoms with Crippen molar-refractivity contribution in [3.8, 4) is 11.5 Å². The zero-order chi connectivity index (χ0) is 23.8. The van der Waals surface area contributed by atoms with E-state index in [4.69, 9.17) is 26.2 Å². The highest BCUT2D eigenvalue weighted by Gasteiger charge is 2.14. The van der Waals surface area contributed by atoms with E-state index >= 15 is 0 Å². The van der Waals surface area contributed by atoms with E-state index in [1.807, 2.05) is 6.92 Å². The molecule has 0 aliphatic carbocycles. The number of nitrogens with zero attached hydrogens (tertiary/aromatic N) is 3. The van der Waals surface area contributed by atoms with E-state index in [0.717, 1.165) is 5.56 Å². The zero-order valence-electron chi connectivity index (χ0n) is 17.4. The van der Waals surface area contributed by atoms with Gasteiger partial charge in [0.25, 0.3) is 0 Å². The second-order valence-electron chi connectivity index (χ2n) is 6.55. The molecular formula is C22H19ClN4O6. The Hall–Kier alpha value is -4.18. The van der Waals surface area contributed by atoms with Crippen LogP contribution in [0.2, 0.25) is 5.02 Å². The third-order valence-corrected chi connectivity index (χ3v) is 4.56. The molecule has 10 nitrogen and oxygen atoms in total. The number of nitrogens with one attached hydrogen (secondary N) is 1. The quantitative estimate of drug-likeness (QED) is 0.246. The van der Waals surface area contributed by atoms with Gasteiger partial charge in [0.05, 0.1) is 28.3 Å². The molecule has 0 unspecified atom stereocenters. The number of hydrazone groups is 1. The van der Waals surface area contributed by atoms with Crippen LogP contribution in [0.15, 0.2) is 59.8 Å². The van der Waals surface area contributed by atoms with Crippen molar-refractivity contribution in [1.29, 1.82) is 0 Å². The Balaban J connectivity index is 1.75. The van der Waals surface area contributed by atoms with E-state index in [2.05, 4.69) is 15.5 Å². The highest BCUT2D eigenvalue weighted by molar-refractivity contribution is 6.32. The summed E-state index contributed by atoms with van der Waals surface area (Å²) in [6, 6.07) is 12.3. The molecule has 11 heteroatoms. The minimum Gasteiger partial charge on any atom is -0.490 e. The minimum absolute atomic E-state index is 0.00347. The summed E-state index contributed by atoms with van der Waals surface area (Å²) in [6.07, 6.45) is 2.83. The van der Waals surface area contributed by atoms with Crippen LogP contribution in [0, 0.1) is 10.1 Å². The molecule has 3 aromatic rings. The first-order valence-corrected chi connectivity index (χ1v) is 10.1. The fraction of sp³-hybridized carbons (Fsp3) is 0.136. The zero-order valence-corrected chi connectivity index (χ0v) is 18.2. The van der Waals surface area contributed by atoms with Gasteiger partial charge in [0, 0.05) is 12.3 Å². The molecule has 1 heterocycles. The van der Waals surface area contributed by atoms with Crippen molar-refractivity contribution in [2.45, 2.75) is 13.5 Å². The van der Waals surface area contributed by atoms with E-state index < -0.39 is 10.9 Å². The smallest absolute Gasteiger partial charge is 0.335 e. The number of pyridine rings is 1. The average Bonchev–Trinajstić information content (AvgIpc) is 2.79. The lowest BCUT2D eigenvalue weighted by Crippen LogP contribution is -2.03. The molecule has 0 aliphatic heterocycles. The average molecular weight is 471 g/mol. The topological polar surface area (TPSA) is 136 Å². The Bertz CT molecular complexity index is 1180. The molecule has 170 valence electrons. The van der Waals surface area contributed by atoms with E-state index in [9.17, 15) is 14.9 Å². The van der Waals surface area contributed by atoms with Gasteiger partial charge in [-0.3, -0.25) is 15.5 Å². The van der Waals surface area contributed by atoms with Gasteiger partial charge in [0.2, 0.25) is 5.82 Å². The van der Waals surface area contributed by atoms with Gasteiger partial charge in [-0.25, -0.2) is 9.78 Å². The second kappa shape index (κ2) is 10.9. The van der Waals surface area contributed by atoms with Crippen LogP contribution in [0.25, 0.3) is 0 Å². The Labute approximate surface area is 193 Å². The van der Waals surface area contributed by atoms with Gasteiger partial charge >= 0.3 is 11.7 Å². The van der Waals surface area contributed by atoms with Gasteiger partial charge in [-0.15, -0.1) is 0 Å². The van der Waals surface area contributed by atoms with Gasteiger partial charge in [-0.2, -0.15) is 5.10 Å². The summed E-state index contributed by atoms with van der Waals surface area (Å²) in [5.41, 5.74) is 3.84. The van der Waals surface area contributed by atoms with Crippen molar-refractivity contribution in [2.75, 3.05) is 12.0 Å². The summed E-state index contributed by atoms with van der Waals surface area (Å²) in [5, 5.41) is 24.3. The molecule has 0 spiro atoms. The van der Waals surface area contributed by atoms with Crippen LogP contribution in [-0.4, -0.2) is 33.8 Å². The maximum Gasteiger partial charge on any atom is 0.335 e. The van der Waals surface area contributed by atoms with E-state index in [-0.39, 0.29) is 28.7 Å². The van der Waals surface area contributed by atoms with Crippen LogP contribution in [-0.2, 0) is 6.61 Å². The number of carbonyl (C=O) groups is 1. The molecule has 0 saturated carbocycles. The SMILES string of the molecule is CCOc1cc(/C=N\Nc2ncccc2[N+](=O)[O-])cc(Cl)c1OCc1ccc(C(=O)O)cc1. The number of carboxylic acid groups (broad SMARTS) is 1. The first kappa shape index (κ1) is 23.5. The molecule has 0 atom stereocenters. The van der Waals surface area contributed by atoms with E-state index in [0.29, 0.717) is 23.7 Å². The normalized spacial score (nSPS) is 10.7. The molecule has 0 saturated heterocycles. The Morgan fingerprint density at radius 2 is 2.03 bits per heavy atom. The monoisotopic (exact) mass is 470 g/mol. The molecule has 3 rings (SSSR count). The fourth-order valence-corrected chi connectivity index (χ4v) is 3.04. The molecule has 2 N–H and O–H groups in total. The van der Waals surface area contributed by atoms with Crippen molar-refractivity contribution in [3.05, 3.63) is 86.6 Å². The number of hydrogen-bond donors (Lipinski definition) is 2. The second-order valence-corrected chi connectivity index (χ2v) is 6.96. The van der Waals surface area contributed by atoms with Gasteiger partial charge < -0.3 is 14.6 Å². The largest absolute Gasteiger partial charge is 0.490 e. The maximum atomic E-state index is 11.1. The molecule has 0 radical (unpaired) electrons. The summed E-state index contributed by atoms with van der Waals surface area (Å²) >= 11 is 6.40. The molecule has 0 bridgehead atoms. The number of nitro groups is 1. The van der Waals surface area contributed by atoms with Crippen LogP contribution < -0.4 is 14.9 Å². The third-order valence-electron chi connectivity index (χ3n) is 4.28. The number of rotatable bonds is 10. The molecule has 1 aromatic heterocycles. The van der Waals surface area contributed by atoms with Crippen LogP contribution in [0.4, 0.5) is 11.5 Å². The van der Waals surface area contributed by atoms with Crippen LogP contribution in [0.5, 0.6) is 11.5 Å². The molecule has 2 aromatic carbocycles. The number of halogens is 1. The van der Waals surface area contributed by atoms with Crippen molar-refractivity contribution >= 4 is 35.3 Å². The Kier molecular flexibility index (Phi) is 7.77. The van der Waals surface area contributed by atoms with Gasteiger partial charge in [-0.1, -0.05) is 23.7 Å². The summed E-state index contributed by atoms with van der Waals surface area (Å²) in [4.78, 5) is 25.4. The molecule has 0 fully saturated rings. The highest BCUT2D eigenvalue weighted by Crippen LogP contribution is 2.37. The predicted molar refractivity (Wildman–Crippen MR) is 122 cm³/mol. The van der Waals surface area contributed by atoms with Crippen molar-refractivity contribution in [1.82, 2.24) is 4.98 Å². The molecule has 0 aliphatic rings. The van der Waals surface area contributed by atoms with Gasteiger partial charge in [0.15, 0.2) is 11.5 Å². The summed E-state index contributed by atoms with van der Waals surface area (Å²) < 4.78 is 11.5.